The van der Waals surface area contributed by atoms with Crippen LogP contribution in [0, 0.1) is 0 Å². The van der Waals surface area contributed by atoms with Gasteiger partial charge in [-0.15, -0.1) is 0 Å². The molecule has 1 aromatic rings. The third kappa shape index (κ3) is 4.43. The van der Waals surface area contributed by atoms with Crippen molar-refractivity contribution in [2.24, 2.45) is 0 Å². The number of carbonyl (C=O) groups is 1. The van der Waals surface area contributed by atoms with Gasteiger partial charge in [0.15, 0.2) is 0 Å². The first-order valence-corrected chi connectivity index (χ1v) is 10.0. The third-order valence-corrected chi connectivity index (χ3v) is 5.74. The lowest BCUT2D eigenvalue weighted by atomic mass is 10.0. The smallest absolute Gasteiger partial charge is 0.317 e. The third-order valence-electron chi connectivity index (χ3n) is 5.74. The van der Waals surface area contributed by atoms with E-state index >= 15 is 0 Å². The van der Waals surface area contributed by atoms with Gasteiger partial charge in [0.25, 0.3) is 0 Å². The lowest BCUT2D eigenvalue weighted by Crippen LogP contribution is -2.52. The summed E-state index contributed by atoms with van der Waals surface area (Å²) in [6.45, 7) is 3.05. The van der Waals surface area contributed by atoms with Crippen LogP contribution >= 0.6 is 0 Å². The van der Waals surface area contributed by atoms with Gasteiger partial charge in [0, 0.05) is 50.5 Å². The first-order valence-electron chi connectivity index (χ1n) is 10.0. The molecule has 0 unspecified atom stereocenters. The van der Waals surface area contributed by atoms with E-state index in [0.717, 1.165) is 57.8 Å². The van der Waals surface area contributed by atoms with Gasteiger partial charge < -0.3 is 24.6 Å². The largest absolute Gasteiger partial charge is 0.481 e. The second-order valence-electron chi connectivity index (χ2n) is 7.61. The summed E-state index contributed by atoms with van der Waals surface area (Å²) >= 11 is 0. The van der Waals surface area contributed by atoms with Gasteiger partial charge in [0.05, 0.1) is 7.11 Å². The van der Waals surface area contributed by atoms with Crippen molar-refractivity contribution in [1.82, 2.24) is 20.2 Å². The van der Waals surface area contributed by atoms with Crippen LogP contribution < -0.4 is 15.0 Å². The van der Waals surface area contributed by atoms with Crippen molar-refractivity contribution in [3.63, 3.8) is 0 Å². The molecule has 3 fully saturated rings. The number of piperidine rings is 1. The van der Waals surface area contributed by atoms with Crippen LogP contribution in [0.25, 0.3) is 0 Å². The molecule has 0 aromatic carbocycles. The summed E-state index contributed by atoms with van der Waals surface area (Å²) < 4.78 is 10.6. The number of aromatic nitrogens is 2. The van der Waals surface area contributed by atoms with E-state index in [1.165, 1.54) is 12.8 Å². The molecule has 4 rings (SSSR count). The molecule has 148 valence electrons. The summed E-state index contributed by atoms with van der Waals surface area (Å²) in [5.41, 5.74) is 0. The standard InChI is InChI=1S/C19H29N5O3/c1-26-18-12-17(20-13-21-18)24(15-2-3-15)16-4-8-23(9-5-16)19(25)22-14-6-10-27-11-7-14/h12-16H,2-11H2,1H3,(H,22,25). The fourth-order valence-corrected chi connectivity index (χ4v) is 4.06. The SMILES string of the molecule is COc1cc(N(C2CC2)C2CCN(C(=O)NC3CCOCC3)CC2)ncn1. The van der Waals surface area contributed by atoms with Crippen molar-refractivity contribution in [3.05, 3.63) is 12.4 Å². The molecule has 1 aliphatic carbocycles. The Morgan fingerprint density at radius 3 is 2.52 bits per heavy atom. The Morgan fingerprint density at radius 1 is 1.15 bits per heavy atom. The maximum atomic E-state index is 12.6. The maximum absolute atomic E-state index is 12.6. The van der Waals surface area contributed by atoms with Crippen LogP contribution in [-0.2, 0) is 4.74 Å². The Kier molecular flexibility index (Phi) is 5.61. The number of amides is 2. The molecular weight excluding hydrogens is 346 g/mol. The van der Waals surface area contributed by atoms with Crippen LogP contribution in [-0.4, -0.2) is 72.4 Å². The van der Waals surface area contributed by atoms with Crippen molar-refractivity contribution in [2.45, 2.75) is 56.7 Å². The molecular formula is C19H29N5O3. The highest BCUT2D eigenvalue weighted by molar-refractivity contribution is 5.74. The van der Waals surface area contributed by atoms with Crippen LogP contribution in [0.2, 0.25) is 0 Å². The Hall–Kier alpha value is -2.09. The molecule has 2 aliphatic heterocycles. The summed E-state index contributed by atoms with van der Waals surface area (Å²) in [6.07, 6.45) is 7.72. The van der Waals surface area contributed by atoms with Crippen molar-refractivity contribution >= 4 is 11.8 Å². The molecule has 1 N–H and O–H groups in total. The number of hydrogen-bond donors (Lipinski definition) is 1. The lowest BCUT2D eigenvalue weighted by molar-refractivity contribution is 0.0774. The minimum Gasteiger partial charge on any atom is -0.481 e. The van der Waals surface area contributed by atoms with Gasteiger partial charge in [-0.1, -0.05) is 0 Å². The number of nitrogens with zero attached hydrogens (tertiary/aromatic N) is 4. The van der Waals surface area contributed by atoms with E-state index in [-0.39, 0.29) is 12.1 Å². The van der Waals surface area contributed by atoms with E-state index in [2.05, 4.69) is 20.2 Å². The van der Waals surface area contributed by atoms with Crippen LogP contribution in [0.3, 0.4) is 0 Å². The number of anilines is 1. The van der Waals surface area contributed by atoms with E-state index < -0.39 is 0 Å². The number of nitrogens with one attached hydrogen (secondary N) is 1. The maximum Gasteiger partial charge on any atom is 0.317 e. The number of carbonyl (C=O) groups excluding carboxylic acids is 1. The zero-order chi connectivity index (χ0) is 18.6. The van der Waals surface area contributed by atoms with E-state index in [0.29, 0.717) is 18.0 Å². The van der Waals surface area contributed by atoms with Gasteiger partial charge in [-0.25, -0.2) is 14.8 Å². The molecule has 0 radical (unpaired) electrons. The van der Waals surface area contributed by atoms with E-state index in [9.17, 15) is 4.79 Å². The molecule has 1 saturated carbocycles. The average Bonchev–Trinajstić information content (AvgIpc) is 3.55. The monoisotopic (exact) mass is 375 g/mol. The molecule has 3 aliphatic rings. The summed E-state index contributed by atoms with van der Waals surface area (Å²) in [7, 11) is 1.63. The number of urea groups is 1. The van der Waals surface area contributed by atoms with Gasteiger partial charge >= 0.3 is 6.03 Å². The normalized spacial score (nSPS) is 21.7. The van der Waals surface area contributed by atoms with Gasteiger partial charge in [-0.05, 0) is 38.5 Å². The molecule has 0 atom stereocenters. The van der Waals surface area contributed by atoms with Gasteiger partial charge in [-0.3, -0.25) is 0 Å². The highest BCUT2D eigenvalue weighted by Gasteiger charge is 2.37. The topological polar surface area (TPSA) is 79.8 Å². The zero-order valence-corrected chi connectivity index (χ0v) is 16.0. The van der Waals surface area contributed by atoms with Gasteiger partial charge in [0.2, 0.25) is 5.88 Å². The minimum absolute atomic E-state index is 0.0713. The highest BCUT2D eigenvalue weighted by Crippen LogP contribution is 2.35. The van der Waals surface area contributed by atoms with Crippen LogP contribution in [0.5, 0.6) is 5.88 Å². The van der Waals surface area contributed by atoms with E-state index in [4.69, 9.17) is 9.47 Å². The van der Waals surface area contributed by atoms with Crippen molar-refractivity contribution < 1.29 is 14.3 Å². The lowest BCUT2D eigenvalue weighted by Gasteiger charge is -2.40. The second-order valence-corrected chi connectivity index (χ2v) is 7.61. The first kappa shape index (κ1) is 18.3. The first-order chi connectivity index (χ1) is 13.2. The predicted molar refractivity (Wildman–Crippen MR) is 101 cm³/mol. The predicted octanol–water partition coefficient (Wildman–Crippen LogP) is 1.81. The molecule has 0 bridgehead atoms. The molecule has 8 heteroatoms. The fourth-order valence-electron chi connectivity index (χ4n) is 4.06. The zero-order valence-electron chi connectivity index (χ0n) is 16.0. The summed E-state index contributed by atoms with van der Waals surface area (Å²) in [6, 6.07) is 3.20. The summed E-state index contributed by atoms with van der Waals surface area (Å²) in [5, 5.41) is 3.17. The highest BCUT2D eigenvalue weighted by atomic mass is 16.5. The van der Waals surface area contributed by atoms with Gasteiger partial charge in [0.1, 0.15) is 12.1 Å². The number of methoxy groups -OCH3 is 1. The van der Waals surface area contributed by atoms with E-state index in [1.54, 1.807) is 13.4 Å². The molecule has 2 amide bonds. The summed E-state index contributed by atoms with van der Waals surface area (Å²) in [5.74, 6) is 1.54. The Bertz CT molecular complexity index is 640. The molecule has 27 heavy (non-hydrogen) atoms. The Labute approximate surface area is 160 Å². The number of rotatable bonds is 5. The second kappa shape index (κ2) is 8.29. The number of likely N-dealkylation sites (tertiary alicyclic amines) is 1. The summed E-state index contributed by atoms with van der Waals surface area (Å²) in [4.78, 5) is 25.6. The number of ether oxygens (including phenoxy) is 2. The van der Waals surface area contributed by atoms with Crippen LogP contribution in [0.15, 0.2) is 12.4 Å². The Morgan fingerprint density at radius 2 is 1.85 bits per heavy atom. The Balaban J connectivity index is 1.34. The van der Waals surface area contributed by atoms with Crippen LogP contribution in [0.1, 0.15) is 38.5 Å². The average molecular weight is 375 g/mol. The van der Waals surface area contributed by atoms with Crippen molar-refractivity contribution in [2.75, 3.05) is 38.3 Å². The van der Waals surface area contributed by atoms with E-state index in [1.807, 2.05) is 11.0 Å². The fraction of sp³-hybridized carbons (Fsp3) is 0.737. The molecule has 2 saturated heterocycles. The number of hydrogen-bond acceptors (Lipinski definition) is 6. The molecule has 8 nitrogen and oxygen atoms in total. The van der Waals surface area contributed by atoms with Gasteiger partial charge in [-0.2, -0.15) is 0 Å². The molecule has 3 heterocycles. The quantitative estimate of drug-likeness (QED) is 0.845. The van der Waals surface area contributed by atoms with Crippen LogP contribution in [0.4, 0.5) is 10.6 Å². The minimum atomic E-state index is 0.0713. The molecule has 1 aromatic heterocycles. The molecule has 0 spiro atoms. The van der Waals surface area contributed by atoms with Crippen molar-refractivity contribution in [1.29, 1.82) is 0 Å². The van der Waals surface area contributed by atoms with Crippen molar-refractivity contribution in [3.8, 4) is 5.88 Å².